The van der Waals surface area contributed by atoms with Gasteiger partial charge in [-0.1, -0.05) is 23.7 Å². The van der Waals surface area contributed by atoms with Crippen LogP contribution in [0.15, 0.2) is 36.4 Å². The highest BCUT2D eigenvalue weighted by atomic mass is 35.5. The van der Waals surface area contributed by atoms with Crippen molar-refractivity contribution in [2.24, 2.45) is 0 Å². The van der Waals surface area contributed by atoms with Crippen LogP contribution in [-0.4, -0.2) is 12.7 Å². The van der Waals surface area contributed by atoms with E-state index in [-0.39, 0.29) is 12.7 Å². The van der Waals surface area contributed by atoms with E-state index in [1.54, 1.807) is 24.3 Å². The van der Waals surface area contributed by atoms with Gasteiger partial charge < -0.3 is 20.5 Å². The van der Waals surface area contributed by atoms with Gasteiger partial charge in [-0.2, -0.15) is 0 Å². The molecule has 0 spiro atoms. The number of nitrogens with two attached hydrogens (primary N) is 1. The Hall–Kier alpha value is -2.40. The van der Waals surface area contributed by atoms with Crippen LogP contribution in [0.2, 0.25) is 5.02 Å². The molecule has 1 heterocycles. The predicted octanol–water partition coefficient (Wildman–Crippen LogP) is 2.58. The molecular formula is C15H13ClN2O3. The first kappa shape index (κ1) is 13.6. The van der Waals surface area contributed by atoms with Crippen LogP contribution in [0.25, 0.3) is 0 Å². The van der Waals surface area contributed by atoms with Crippen LogP contribution in [0.3, 0.4) is 0 Å². The second-order valence-electron chi connectivity index (χ2n) is 4.61. The Morgan fingerprint density at radius 2 is 2.00 bits per heavy atom. The van der Waals surface area contributed by atoms with E-state index < -0.39 is 0 Å². The number of benzene rings is 2. The Balaban J connectivity index is 1.74. The lowest BCUT2D eigenvalue weighted by molar-refractivity contribution is 0.0951. The van der Waals surface area contributed by atoms with Crippen LogP contribution >= 0.6 is 11.6 Å². The van der Waals surface area contributed by atoms with Gasteiger partial charge in [0.05, 0.1) is 5.56 Å². The first-order valence-electron chi connectivity index (χ1n) is 6.35. The van der Waals surface area contributed by atoms with E-state index in [0.29, 0.717) is 34.3 Å². The van der Waals surface area contributed by atoms with E-state index in [1.807, 2.05) is 12.1 Å². The molecule has 0 fully saturated rings. The third-order valence-corrected chi connectivity index (χ3v) is 3.37. The SMILES string of the molecule is Nc1cc2c(cc1C(=O)NCc1cccc(Cl)c1)OCO2. The second-order valence-corrected chi connectivity index (χ2v) is 5.04. The van der Waals surface area contributed by atoms with Crippen LogP contribution in [0.4, 0.5) is 5.69 Å². The number of nitrogen functional groups attached to an aromatic ring is 1. The van der Waals surface area contributed by atoms with Crippen molar-refractivity contribution in [3.8, 4) is 11.5 Å². The molecule has 5 nitrogen and oxygen atoms in total. The van der Waals surface area contributed by atoms with Gasteiger partial charge in [-0.3, -0.25) is 4.79 Å². The summed E-state index contributed by atoms with van der Waals surface area (Å²) in [4.78, 5) is 12.2. The van der Waals surface area contributed by atoms with E-state index in [9.17, 15) is 4.79 Å². The number of amides is 1. The summed E-state index contributed by atoms with van der Waals surface area (Å²) in [6, 6.07) is 10.5. The van der Waals surface area contributed by atoms with Gasteiger partial charge >= 0.3 is 0 Å². The molecule has 0 atom stereocenters. The van der Waals surface area contributed by atoms with E-state index >= 15 is 0 Å². The molecule has 0 unspecified atom stereocenters. The first-order valence-corrected chi connectivity index (χ1v) is 6.73. The topological polar surface area (TPSA) is 73.6 Å². The van der Waals surface area contributed by atoms with E-state index in [0.717, 1.165) is 5.56 Å². The smallest absolute Gasteiger partial charge is 0.253 e. The number of anilines is 1. The van der Waals surface area contributed by atoms with Crippen molar-refractivity contribution in [3.05, 3.63) is 52.5 Å². The molecule has 0 bridgehead atoms. The maximum absolute atomic E-state index is 12.2. The Kier molecular flexibility index (Phi) is 3.58. The summed E-state index contributed by atoms with van der Waals surface area (Å²) >= 11 is 5.90. The highest BCUT2D eigenvalue weighted by Gasteiger charge is 2.19. The molecule has 6 heteroatoms. The van der Waals surface area contributed by atoms with Crippen LogP contribution in [0, 0.1) is 0 Å². The highest BCUT2D eigenvalue weighted by Crippen LogP contribution is 2.35. The number of fused-ring (bicyclic) bond motifs is 1. The monoisotopic (exact) mass is 304 g/mol. The molecule has 0 radical (unpaired) electrons. The van der Waals surface area contributed by atoms with Crippen molar-refractivity contribution in [1.82, 2.24) is 5.32 Å². The number of carbonyl (C=O) groups is 1. The Bertz CT molecular complexity index is 703. The summed E-state index contributed by atoms with van der Waals surface area (Å²) in [6.07, 6.45) is 0. The van der Waals surface area contributed by atoms with Crippen molar-refractivity contribution < 1.29 is 14.3 Å². The van der Waals surface area contributed by atoms with Gasteiger partial charge in [0, 0.05) is 23.3 Å². The summed E-state index contributed by atoms with van der Waals surface area (Å²) in [5.41, 5.74) is 7.49. The molecule has 2 aromatic rings. The zero-order valence-electron chi connectivity index (χ0n) is 11.1. The predicted molar refractivity (Wildman–Crippen MR) is 79.6 cm³/mol. The van der Waals surface area contributed by atoms with Crippen LogP contribution in [-0.2, 0) is 6.54 Å². The highest BCUT2D eigenvalue weighted by molar-refractivity contribution is 6.30. The van der Waals surface area contributed by atoms with Crippen molar-refractivity contribution >= 4 is 23.2 Å². The largest absolute Gasteiger partial charge is 0.454 e. The number of ether oxygens (including phenoxy) is 2. The molecule has 0 aliphatic carbocycles. The van der Waals surface area contributed by atoms with Crippen molar-refractivity contribution in [2.45, 2.75) is 6.54 Å². The third kappa shape index (κ3) is 2.87. The molecule has 0 saturated carbocycles. The van der Waals surface area contributed by atoms with Crippen LogP contribution < -0.4 is 20.5 Å². The molecule has 3 rings (SSSR count). The van der Waals surface area contributed by atoms with Gasteiger partial charge in [0.15, 0.2) is 11.5 Å². The summed E-state index contributed by atoms with van der Waals surface area (Å²) in [7, 11) is 0. The van der Waals surface area contributed by atoms with Crippen molar-refractivity contribution in [1.29, 1.82) is 0 Å². The third-order valence-electron chi connectivity index (χ3n) is 3.13. The van der Waals surface area contributed by atoms with Gasteiger partial charge in [0.25, 0.3) is 5.91 Å². The molecule has 0 aromatic heterocycles. The number of halogens is 1. The van der Waals surface area contributed by atoms with Crippen LogP contribution in [0.1, 0.15) is 15.9 Å². The minimum Gasteiger partial charge on any atom is -0.454 e. The Labute approximate surface area is 126 Å². The fourth-order valence-electron chi connectivity index (χ4n) is 2.08. The standard InChI is InChI=1S/C15H13ClN2O3/c16-10-3-1-2-9(4-10)7-18-15(19)11-5-13-14(6-12(11)17)21-8-20-13/h1-6H,7-8,17H2,(H,18,19). The Morgan fingerprint density at radius 3 is 2.76 bits per heavy atom. The molecule has 1 aliphatic rings. The van der Waals surface area contributed by atoms with Gasteiger partial charge in [-0.15, -0.1) is 0 Å². The summed E-state index contributed by atoms with van der Waals surface area (Å²) in [5.74, 6) is 0.807. The number of hydrogen-bond acceptors (Lipinski definition) is 4. The first-order chi connectivity index (χ1) is 10.1. The maximum atomic E-state index is 12.2. The fraction of sp³-hybridized carbons (Fsp3) is 0.133. The average molecular weight is 305 g/mol. The lowest BCUT2D eigenvalue weighted by Crippen LogP contribution is -2.23. The lowest BCUT2D eigenvalue weighted by Gasteiger charge is -2.09. The van der Waals surface area contributed by atoms with Gasteiger partial charge in [0.1, 0.15) is 0 Å². The lowest BCUT2D eigenvalue weighted by atomic mass is 10.1. The normalized spacial score (nSPS) is 12.2. The number of nitrogens with one attached hydrogen (secondary N) is 1. The fourth-order valence-corrected chi connectivity index (χ4v) is 2.29. The zero-order valence-corrected chi connectivity index (χ0v) is 11.8. The van der Waals surface area contributed by atoms with Gasteiger partial charge in [-0.25, -0.2) is 0 Å². The molecule has 1 aliphatic heterocycles. The summed E-state index contributed by atoms with van der Waals surface area (Å²) in [5, 5.41) is 3.43. The quantitative estimate of drug-likeness (QED) is 0.855. The Morgan fingerprint density at radius 1 is 1.24 bits per heavy atom. The van der Waals surface area contributed by atoms with E-state index in [4.69, 9.17) is 26.8 Å². The summed E-state index contributed by atoms with van der Waals surface area (Å²) in [6.45, 7) is 0.510. The molecule has 1 amide bonds. The van der Waals surface area contributed by atoms with E-state index in [1.165, 1.54) is 0 Å². The van der Waals surface area contributed by atoms with Gasteiger partial charge in [0.2, 0.25) is 6.79 Å². The molecule has 108 valence electrons. The summed E-state index contributed by atoms with van der Waals surface area (Å²) < 4.78 is 10.5. The minimum absolute atomic E-state index is 0.141. The molecular weight excluding hydrogens is 292 g/mol. The molecule has 21 heavy (non-hydrogen) atoms. The number of carbonyl (C=O) groups excluding carboxylic acids is 1. The van der Waals surface area contributed by atoms with Crippen molar-refractivity contribution in [3.63, 3.8) is 0 Å². The van der Waals surface area contributed by atoms with Crippen molar-refractivity contribution in [2.75, 3.05) is 12.5 Å². The van der Waals surface area contributed by atoms with Gasteiger partial charge in [-0.05, 0) is 23.8 Å². The average Bonchev–Trinajstić information content (AvgIpc) is 2.91. The van der Waals surface area contributed by atoms with E-state index in [2.05, 4.69) is 5.32 Å². The van der Waals surface area contributed by atoms with Crippen LogP contribution in [0.5, 0.6) is 11.5 Å². The zero-order chi connectivity index (χ0) is 14.8. The maximum Gasteiger partial charge on any atom is 0.253 e. The molecule has 0 saturated heterocycles. The molecule has 2 aromatic carbocycles. The second kappa shape index (κ2) is 5.54. The molecule has 3 N–H and O–H groups in total. The number of rotatable bonds is 3. The minimum atomic E-state index is -0.272. The number of hydrogen-bond donors (Lipinski definition) is 2.